The van der Waals surface area contributed by atoms with E-state index in [1.807, 2.05) is 31.2 Å². The van der Waals surface area contributed by atoms with E-state index in [1.54, 1.807) is 11.8 Å². The molecule has 0 bridgehead atoms. The number of hydrogen-bond donors (Lipinski definition) is 1. The van der Waals surface area contributed by atoms with Crippen molar-refractivity contribution in [3.63, 3.8) is 0 Å². The predicted molar refractivity (Wildman–Crippen MR) is 87.1 cm³/mol. The van der Waals surface area contributed by atoms with Crippen LogP contribution in [0.15, 0.2) is 56.7 Å². The summed E-state index contributed by atoms with van der Waals surface area (Å²) in [5, 5.41) is 0.786. The first-order chi connectivity index (χ1) is 9.06. The molecule has 2 rings (SSSR count). The standard InChI is InChI=1S/C15H15BrClNS/c1-10(18)8-11-6-7-12(9-14(11)17)19-15-5-3-2-4-13(15)16/h2-7,9-10H,8,18H2,1H3. The highest BCUT2D eigenvalue weighted by Gasteiger charge is 2.07. The van der Waals surface area contributed by atoms with E-state index in [-0.39, 0.29) is 6.04 Å². The molecule has 1 unspecified atom stereocenters. The average molecular weight is 357 g/mol. The van der Waals surface area contributed by atoms with Gasteiger partial charge in [0.05, 0.1) is 0 Å². The predicted octanol–water partition coefficient (Wildman–Crippen LogP) is 5.14. The SMILES string of the molecule is CC(N)Cc1ccc(Sc2ccccc2Br)cc1Cl. The summed E-state index contributed by atoms with van der Waals surface area (Å²) in [5.41, 5.74) is 6.91. The molecule has 4 heteroatoms. The van der Waals surface area contributed by atoms with Crippen molar-refractivity contribution in [1.29, 1.82) is 0 Å². The molecule has 2 aromatic carbocycles. The molecular weight excluding hydrogens is 342 g/mol. The molecular formula is C15H15BrClNS. The fourth-order valence-corrected chi connectivity index (χ4v) is 3.49. The Morgan fingerprint density at radius 2 is 2.00 bits per heavy atom. The average Bonchev–Trinajstić information content (AvgIpc) is 2.35. The van der Waals surface area contributed by atoms with Crippen LogP contribution in [0.4, 0.5) is 0 Å². The molecule has 0 saturated heterocycles. The van der Waals surface area contributed by atoms with E-state index in [0.29, 0.717) is 0 Å². The summed E-state index contributed by atoms with van der Waals surface area (Å²) in [6.07, 6.45) is 0.804. The Balaban J connectivity index is 2.19. The molecule has 0 aliphatic heterocycles. The number of halogens is 2. The zero-order valence-corrected chi connectivity index (χ0v) is 13.7. The summed E-state index contributed by atoms with van der Waals surface area (Å²) in [7, 11) is 0. The molecule has 0 aliphatic rings. The van der Waals surface area contributed by atoms with Crippen LogP contribution in [0.25, 0.3) is 0 Å². The van der Waals surface area contributed by atoms with Crippen molar-refractivity contribution in [2.75, 3.05) is 0 Å². The Labute approximate surface area is 131 Å². The fraction of sp³-hybridized carbons (Fsp3) is 0.200. The molecule has 19 heavy (non-hydrogen) atoms. The van der Waals surface area contributed by atoms with E-state index in [0.717, 1.165) is 26.4 Å². The lowest BCUT2D eigenvalue weighted by Gasteiger charge is -2.10. The molecule has 0 saturated carbocycles. The van der Waals surface area contributed by atoms with E-state index in [4.69, 9.17) is 17.3 Å². The van der Waals surface area contributed by atoms with Crippen LogP contribution < -0.4 is 5.73 Å². The fourth-order valence-electron chi connectivity index (χ4n) is 1.76. The maximum atomic E-state index is 6.30. The monoisotopic (exact) mass is 355 g/mol. The zero-order chi connectivity index (χ0) is 13.8. The maximum Gasteiger partial charge on any atom is 0.0449 e. The van der Waals surface area contributed by atoms with Crippen LogP contribution in [-0.4, -0.2) is 6.04 Å². The molecule has 0 aromatic heterocycles. The van der Waals surface area contributed by atoms with E-state index in [1.165, 1.54) is 4.90 Å². The van der Waals surface area contributed by atoms with Crippen LogP contribution in [0.2, 0.25) is 5.02 Å². The van der Waals surface area contributed by atoms with Gasteiger partial charge < -0.3 is 5.73 Å². The molecule has 1 atom stereocenters. The third kappa shape index (κ3) is 4.25. The third-order valence-corrected chi connectivity index (χ3v) is 5.00. The Morgan fingerprint density at radius 1 is 1.26 bits per heavy atom. The minimum Gasteiger partial charge on any atom is -0.328 e. The van der Waals surface area contributed by atoms with Gasteiger partial charge in [0.15, 0.2) is 0 Å². The van der Waals surface area contributed by atoms with E-state index in [9.17, 15) is 0 Å². The second-order valence-corrected chi connectivity index (χ2v) is 6.84. The van der Waals surface area contributed by atoms with E-state index < -0.39 is 0 Å². The second kappa shape index (κ2) is 6.80. The highest BCUT2D eigenvalue weighted by atomic mass is 79.9. The Hall–Kier alpha value is -0.480. The van der Waals surface area contributed by atoms with Crippen LogP contribution in [0.5, 0.6) is 0 Å². The van der Waals surface area contributed by atoms with E-state index >= 15 is 0 Å². The first-order valence-electron chi connectivity index (χ1n) is 6.02. The molecule has 2 aromatic rings. The van der Waals surface area contributed by atoms with Gasteiger partial charge in [0, 0.05) is 25.3 Å². The number of hydrogen-bond acceptors (Lipinski definition) is 2. The topological polar surface area (TPSA) is 26.0 Å². The summed E-state index contributed by atoms with van der Waals surface area (Å²) in [6.45, 7) is 1.99. The minimum absolute atomic E-state index is 0.124. The van der Waals surface area contributed by atoms with Gasteiger partial charge in [-0.2, -0.15) is 0 Å². The minimum atomic E-state index is 0.124. The maximum absolute atomic E-state index is 6.30. The highest BCUT2D eigenvalue weighted by Crippen LogP contribution is 2.35. The summed E-state index contributed by atoms with van der Waals surface area (Å²) >= 11 is 11.5. The summed E-state index contributed by atoms with van der Waals surface area (Å²) < 4.78 is 1.09. The van der Waals surface area contributed by atoms with Crippen molar-refractivity contribution in [2.45, 2.75) is 29.2 Å². The lowest BCUT2D eigenvalue weighted by Crippen LogP contribution is -2.17. The number of rotatable bonds is 4. The number of benzene rings is 2. The summed E-state index contributed by atoms with van der Waals surface area (Å²) in [4.78, 5) is 2.31. The first-order valence-corrected chi connectivity index (χ1v) is 8.01. The van der Waals surface area contributed by atoms with Crippen LogP contribution in [0.1, 0.15) is 12.5 Å². The Kier molecular flexibility index (Phi) is 5.34. The Bertz CT molecular complexity index is 572. The molecule has 2 N–H and O–H groups in total. The van der Waals surface area contributed by atoms with Gasteiger partial charge in [0.2, 0.25) is 0 Å². The zero-order valence-electron chi connectivity index (χ0n) is 10.6. The van der Waals surface area contributed by atoms with Crippen molar-refractivity contribution >= 4 is 39.3 Å². The largest absolute Gasteiger partial charge is 0.328 e. The number of nitrogens with two attached hydrogens (primary N) is 1. The van der Waals surface area contributed by atoms with Gasteiger partial charge in [-0.05, 0) is 59.1 Å². The van der Waals surface area contributed by atoms with Gasteiger partial charge in [-0.25, -0.2) is 0 Å². The van der Waals surface area contributed by atoms with Gasteiger partial charge in [-0.15, -0.1) is 0 Å². The van der Waals surface area contributed by atoms with Crippen molar-refractivity contribution in [2.24, 2.45) is 5.73 Å². The summed E-state index contributed by atoms with van der Waals surface area (Å²) in [6, 6.07) is 14.4. The van der Waals surface area contributed by atoms with Crippen molar-refractivity contribution < 1.29 is 0 Å². The van der Waals surface area contributed by atoms with Gasteiger partial charge in [0.25, 0.3) is 0 Å². The lowest BCUT2D eigenvalue weighted by molar-refractivity contribution is 0.738. The quantitative estimate of drug-likeness (QED) is 0.820. The molecule has 1 nitrogen and oxygen atoms in total. The van der Waals surface area contributed by atoms with Crippen LogP contribution in [-0.2, 0) is 6.42 Å². The van der Waals surface area contributed by atoms with Gasteiger partial charge >= 0.3 is 0 Å². The molecule has 0 amide bonds. The van der Waals surface area contributed by atoms with Crippen LogP contribution in [0, 0.1) is 0 Å². The van der Waals surface area contributed by atoms with Gasteiger partial charge in [-0.1, -0.05) is 41.6 Å². The summed E-state index contributed by atoms with van der Waals surface area (Å²) in [5.74, 6) is 0. The molecule has 0 radical (unpaired) electrons. The van der Waals surface area contributed by atoms with Crippen molar-refractivity contribution in [3.8, 4) is 0 Å². The molecule has 0 aliphatic carbocycles. The van der Waals surface area contributed by atoms with Crippen molar-refractivity contribution in [3.05, 3.63) is 57.5 Å². The van der Waals surface area contributed by atoms with Crippen molar-refractivity contribution in [1.82, 2.24) is 0 Å². The molecule has 0 spiro atoms. The van der Waals surface area contributed by atoms with E-state index in [2.05, 4.69) is 34.1 Å². The first kappa shape index (κ1) is 14.9. The smallest absolute Gasteiger partial charge is 0.0449 e. The second-order valence-electron chi connectivity index (χ2n) is 4.47. The highest BCUT2D eigenvalue weighted by molar-refractivity contribution is 9.10. The van der Waals surface area contributed by atoms with Gasteiger partial charge in [0.1, 0.15) is 0 Å². The Morgan fingerprint density at radius 3 is 2.63 bits per heavy atom. The van der Waals surface area contributed by atoms with Crippen LogP contribution in [0.3, 0.4) is 0 Å². The van der Waals surface area contributed by atoms with Crippen LogP contribution >= 0.6 is 39.3 Å². The lowest BCUT2D eigenvalue weighted by atomic mass is 10.1. The van der Waals surface area contributed by atoms with Gasteiger partial charge in [-0.3, -0.25) is 0 Å². The molecule has 0 fully saturated rings. The third-order valence-electron chi connectivity index (χ3n) is 2.63. The molecule has 100 valence electrons. The molecule has 0 heterocycles. The normalized spacial score (nSPS) is 12.4.